The topological polar surface area (TPSA) is 60.7 Å². The van der Waals surface area contributed by atoms with Crippen molar-refractivity contribution in [1.82, 2.24) is 0 Å². The van der Waals surface area contributed by atoms with Crippen LogP contribution in [-0.4, -0.2) is 33.6 Å². The Balaban J connectivity index is 2.05. The number of hydrogen-bond donors (Lipinski definition) is 3. The maximum atomic E-state index is 11.2. The number of aliphatic hydroxyl groups excluding tert-OH is 3. The van der Waals surface area contributed by atoms with Crippen molar-refractivity contribution in [3.63, 3.8) is 0 Å². The molecule has 3 saturated carbocycles. The quantitative estimate of drug-likeness (QED) is 0.330. The third-order valence-corrected chi connectivity index (χ3v) is 12.6. The molecule has 3 N–H and O–H groups in total. The van der Waals surface area contributed by atoms with Gasteiger partial charge in [-0.15, -0.1) is 0 Å². The fourth-order valence-electron chi connectivity index (χ4n) is 10.2. The molecule has 0 aromatic carbocycles. The van der Waals surface area contributed by atoms with Crippen LogP contribution in [0.1, 0.15) is 129 Å². The Morgan fingerprint density at radius 1 is 0.462 bits per heavy atom. The van der Waals surface area contributed by atoms with Gasteiger partial charge in [-0.05, 0) is 120 Å². The van der Waals surface area contributed by atoms with Gasteiger partial charge < -0.3 is 15.3 Å². The minimum absolute atomic E-state index is 0.0908. The third kappa shape index (κ3) is 7.27. The Morgan fingerprint density at radius 2 is 0.718 bits per heavy atom. The lowest BCUT2D eigenvalue weighted by Gasteiger charge is -2.56. The molecule has 0 spiro atoms. The summed E-state index contributed by atoms with van der Waals surface area (Å²) in [7, 11) is 0. The van der Waals surface area contributed by atoms with E-state index in [9.17, 15) is 15.3 Å². The van der Waals surface area contributed by atoms with Gasteiger partial charge in [-0.1, -0.05) is 90.0 Å². The lowest BCUT2D eigenvalue weighted by Crippen LogP contribution is -2.52. The molecule has 3 heteroatoms. The fourth-order valence-corrected chi connectivity index (χ4v) is 10.2. The van der Waals surface area contributed by atoms with E-state index in [1.165, 1.54) is 0 Å². The molecule has 230 valence electrons. The Labute approximate surface area is 243 Å². The van der Waals surface area contributed by atoms with Crippen molar-refractivity contribution in [3.05, 3.63) is 0 Å². The van der Waals surface area contributed by atoms with Gasteiger partial charge in [-0.3, -0.25) is 0 Å². The molecular formula is C36H68O3. The molecule has 3 nitrogen and oxygen atoms in total. The lowest BCUT2D eigenvalue weighted by atomic mass is 9.50. The van der Waals surface area contributed by atoms with Crippen molar-refractivity contribution < 1.29 is 15.3 Å². The standard InChI is InChI=1S/C36H68O3/c1-20-14-30(37)27(34(5,6)7)17-24(20)23(4)33(25-18-28(35(8,9)10)31(38)15-21(25)2)26-19-29(36(11,12)13)32(39)16-22(26)3/h20-33,37-39H,14-19H2,1-13H3. The van der Waals surface area contributed by atoms with Crippen LogP contribution in [0.15, 0.2) is 0 Å². The highest BCUT2D eigenvalue weighted by Gasteiger charge is 2.52. The summed E-state index contributed by atoms with van der Waals surface area (Å²) in [5.74, 6) is 5.41. The van der Waals surface area contributed by atoms with Crippen LogP contribution in [0.4, 0.5) is 0 Å². The van der Waals surface area contributed by atoms with Crippen LogP contribution in [0.5, 0.6) is 0 Å². The summed E-state index contributed by atoms with van der Waals surface area (Å²) >= 11 is 0. The van der Waals surface area contributed by atoms with Crippen LogP contribution in [0.2, 0.25) is 0 Å². The molecule has 0 saturated heterocycles. The summed E-state index contributed by atoms with van der Waals surface area (Å²) in [4.78, 5) is 0. The lowest BCUT2D eigenvalue weighted by molar-refractivity contribution is -0.111. The Hall–Kier alpha value is -0.120. The summed E-state index contributed by atoms with van der Waals surface area (Å²) in [6, 6.07) is 0. The molecule has 0 amide bonds. The third-order valence-electron chi connectivity index (χ3n) is 12.6. The van der Waals surface area contributed by atoms with Crippen molar-refractivity contribution in [2.24, 2.45) is 81.3 Å². The average Bonchev–Trinajstić information content (AvgIpc) is 2.73. The Kier molecular flexibility index (Phi) is 10.2. The molecule has 0 aliphatic heterocycles. The molecule has 3 aliphatic carbocycles. The zero-order valence-electron chi connectivity index (χ0n) is 28.2. The van der Waals surface area contributed by atoms with Crippen molar-refractivity contribution >= 4 is 0 Å². The van der Waals surface area contributed by atoms with E-state index in [0.29, 0.717) is 65.1 Å². The van der Waals surface area contributed by atoms with Crippen molar-refractivity contribution in [2.45, 2.75) is 147 Å². The molecule has 39 heavy (non-hydrogen) atoms. The van der Waals surface area contributed by atoms with Crippen molar-refractivity contribution in [1.29, 1.82) is 0 Å². The Morgan fingerprint density at radius 3 is 1.00 bits per heavy atom. The molecule has 0 radical (unpaired) electrons. The maximum absolute atomic E-state index is 11.2. The van der Waals surface area contributed by atoms with Gasteiger partial charge >= 0.3 is 0 Å². The highest BCUT2D eigenvalue weighted by Crippen LogP contribution is 2.57. The molecule has 0 aromatic rings. The largest absolute Gasteiger partial charge is 0.393 e. The van der Waals surface area contributed by atoms with Crippen LogP contribution in [0, 0.1) is 81.3 Å². The van der Waals surface area contributed by atoms with E-state index in [4.69, 9.17) is 0 Å². The summed E-state index contributed by atoms with van der Waals surface area (Å²) in [6.07, 6.45) is 5.43. The van der Waals surface area contributed by atoms with Gasteiger partial charge in [-0.25, -0.2) is 0 Å². The van der Waals surface area contributed by atoms with E-state index in [0.717, 1.165) is 38.5 Å². The number of aliphatic hydroxyl groups is 3. The number of rotatable bonds is 4. The van der Waals surface area contributed by atoms with Gasteiger partial charge in [0.15, 0.2) is 0 Å². The van der Waals surface area contributed by atoms with Gasteiger partial charge in [0.25, 0.3) is 0 Å². The second-order valence-corrected chi connectivity index (χ2v) is 18.4. The molecule has 3 rings (SSSR count). The van der Waals surface area contributed by atoms with E-state index in [1.54, 1.807) is 0 Å². The van der Waals surface area contributed by atoms with Gasteiger partial charge in [0, 0.05) is 0 Å². The van der Waals surface area contributed by atoms with E-state index in [2.05, 4.69) is 90.0 Å². The normalized spacial score (nSPS) is 44.6. The van der Waals surface area contributed by atoms with E-state index in [1.807, 2.05) is 0 Å². The van der Waals surface area contributed by atoms with E-state index >= 15 is 0 Å². The first kappa shape index (κ1) is 33.4. The predicted octanol–water partition coefficient (Wildman–Crippen LogP) is 8.45. The molecule has 13 atom stereocenters. The summed E-state index contributed by atoms with van der Waals surface area (Å²) < 4.78 is 0. The molecular weight excluding hydrogens is 480 g/mol. The molecule has 3 fully saturated rings. The highest BCUT2D eigenvalue weighted by atomic mass is 16.3. The van der Waals surface area contributed by atoms with Crippen LogP contribution < -0.4 is 0 Å². The van der Waals surface area contributed by atoms with Crippen LogP contribution in [0.3, 0.4) is 0 Å². The SMILES string of the molecule is CC1CC(O)C(C(C)(C)C)CC1C(C)C(C1CC(C(C)(C)C)C(O)CC1C)C1CC(C(C)(C)C)C(O)CC1C. The summed E-state index contributed by atoms with van der Waals surface area (Å²) in [6.45, 7) is 30.7. The monoisotopic (exact) mass is 549 g/mol. The minimum atomic E-state index is -0.214. The van der Waals surface area contributed by atoms with Crippen LogP contribution >= 0.6 is 0 Å². The first-order valence-electron chi connectivity index (χ1n) is 16.7. The number of hydrogen-bond acceptors (Lipinski definition) is 3. The summed E-state index contributed by atoms with van der Waals surface area (Å²) in [5.41, 5.74) is 0.285. The van der Waals surface area contributed by atoms with Gasteiger partial charge in [-0.2, -0.15) is 0 Å². The molecule has 0 heterocycles. The average molecular weight is 549 g/mol. The van der Waals surface area contributed by atoms with Crippen LogP contribution in [-0.2, 0) is 0 Å². The predicted molar refractivity (Wildman–Crippen MR) is 165 cm³/mol. The molecule has 0 bridgehead atoms. The second-order valence-electron chi connectivity index (χ2n) is 18.4. The van der Waals surface area contributed by atoms with Gasteiger partial charge in [0.05, 0.1) is 18.3 Å². The van der Waals surface area contributed by atoms with Gasteiger partial charge in [0.1, 0.15) is 0 Å². The fraction of sp³-hybridized carbons (Fsp3) is 1.00. The smallest absolute Gasteiger partial charge is 0.0576 e. The van der Waals surface area contributed by atoms with Gasteiger partial charge in [0.2, 0.25) is 0 Å². The minimum Gasteiger partial charge on any atom is -0.393 e. The van der Waals surface area contributed by atoms with Crippen LogP contribution in [0.25, 0.3) is 0 Å². The zero-order chi connectivity index (χ0) is 29.8. The molecule has 3 aliphatic rings. The Bertz CT molecular complexity index is 743. The summed E-state index contributed by atoms with van der Waals surface area (Å²) in [5, 5.41) is 33.6. The zero-order valence-corrected chi connectivity index (χ0v) is 28.2. The van der Waals surface area contributed by atoms with E-state index in [-0.39, 0.29) is 34.6 Å². The maximum Gasteiger partial charge on any atom is 0.0576 e. The molecule has 0 aromatic heterocycles. The molecule has 13 unspecified atom stereocenters. The second kappa shape index (κ2) is 11.9. The highest BCUT2D eigenvalue weighted by molar-refractivity contribution is 5.01. The first-order chi connectivity index (χ1) is 17.6. The van der Waals surface area contributed by atoms with Crippen molar-refractivity contribution in [2.75, 3.05) is 0 Å². The first-order valence-corrected chi connectivity index (χ1v) is 16.7. The van der Waals surface area contributed by atoms with Crippen molar-refractivity contribution in [3.8, 4) is 0 Å². The van der Waals surface area contributed by atoms with E-state index < -0.39 is 0 Å².